The Morgan fingerprint density at radius 3 is 2.64 bits per heavy atom. The molecule has 0 spiro atoms. The van der Waals surface area contributed by atoms with Crippen molar-refractivity contribution in [2.24, 2.45) is 5.92 Å². The molecule has 4 rings (SSSR count). The van der Waals surface area contributed by atoms with Gasteiger partial charge in [-0.1, -0.05) is 18.5 Å². The smallest absolute Gasteiger partial charge is 0.232 e. The molecule has 0 N–H and O–H groups in total. The Balaban J connectivity index is 1.38. The lowest BCUT2D eigenvalue weighted by molar-refractivity contribution is 0.115. The number of pyridine rings is 1. The van der Waals surface area contributed by atoms with Crippen molar-refractivity contribution in [3.8, 4) is 17.8 Å². The van der Waals surface area contributed by atoms with Crippen molar-refractivity contribution in [2.45, 2.75) is 44.4 Å². The number of anilines is 2. The highest BCUT2D eigenvalue weighted by Gasteiger charge is 2.33. The topological polar surface area (TPSA) is 96.6 Å². The van der Waals surface area contributed by atoms with E-state index in [1.807, 2.05) is 6.07 Å². The van der Waals surface area contributed by atoms with Gasteiger partial charge in [0.05, 0.1) is 55.0 Å². The van der Waals surface area contributed by atoms with Crippen molar-refractivity contribution < 1.29 is 14.2 Å². The number of aromatic nitrogens is 3. The van der Waals surface area contributed by atoms with Gasteiger partial charge in [-0.15, -0.1) is 0 Å². The number of nitriles is 1. The molecule has 2 saturated heterocycles. The first-order valence-corrected chi connectivity index (χ1v) is 11.5. The lowest BCUT2D eigenvalue weighted by Gasteiger charge is -2.38. The van der Waals surface area contributed by atoms with E-state index in [-0.39, 0.29) is 24.2 Å². The van der Waals surface area contributed by atoms with Crippen LogP contribution in [0.25, 0.3) is 0 Å². The largest absolute Gasteiger partial charge is 0.481 e. The van der Waals surface area contributed by atoms with Crippen LogP contribution in [0.2, 0.25) is 5.02 Å². The molecular weight excluding hydrogens is 444 g/mol. The van der Waals surface area contributed by atoms with E-state index in [1.165, 1.54) is 0 Å². The highest BCUT2D eigenvalue weighted by Crippen LogP contribution is 2.33. The quantitative estimate of drug-likeness (QED) is 0.600. The van der Waals surface area contributed by atoms with Crippen LogP contribution in [0.3, 0.4) is 0 Å². The average Bonchev–Trinajstić information content (AvgIpc) is 3.24. The third-order valence-corrected chi connectivity index (χ3v) is 6.69. The predicted octanol–water partition coefficient (Wildman–Crippen LogP) is 3.33. The molecule has 4 atom stereocenters. The van der Waals surface area contributed by atoms with Gasteiger partial charge in [-0.3, -0.25) is 0 Å². The normalized spacial score (nSPS) is 25.1. The second-order valence-electron chi connectivity index (χ2n) is 8.52. The van der Waals surface area contributed by atoms with Gasteiger partial charge in [0.2, 0.25) is 11.8 Å². The van der Waals surface area contributed by atoms with Crippen LogP contribution in [0.5, 0.6) is 11.8 Å². The Bertz CT molecular complexity index is 985. The lowest BCUT2D eigenvalue weighted by Crippen LogP contribution is -2.44. The van der Waals surface area contributed by atoms with Crippen LogP contribution in [0.15, 0.2) is 24.7 Å². The summed E-state index contributed by atoms with van der Waals surface area (Å²) in [7, 11) is 3.30. The zero-order valence-electron chi connectivity index (χ0n) is 19.1. The maximum absolute atomic E-state index is 9.14. The zero-order chi connectivity index (χ0) is 23.4. The van der Waals surface area contributed by atoms with E-state index in [4.69, 9.17) is 31.1 Å². The molecule has 9 nitrogen and oxygen atoms in total. The van der Waals surface area contributed by atoms with E-state index in [9.17, 15) is 0 Å². The summed E-state index contributed by atoms with van der Waals surface area (Å²) in [5.74, 6) is 2.05. The molecule has 2 aliphatic rings. The summed E-state index contributed by atoms with van der Waals surface area (Å²) < 4.78 is 16.9. The third kappa shape index (κ3) is 5.23. The van der Waals surface area contributed by atoms with Crippen molar-refractivity contribution in [2.75, 3.05) is 43.7 Å². The fraction of sp³-hybridized carbons (Fsp3) is 0.565. The summed E-state index contributed by atoms with van der Waals surface area (Å²) in [5.41, 5.74) is 0.921. The first-order chi connectivity index (χ1) is 16.0. The number of hydrogen-bond donors (Lipinski definition) is 0. The molecule has 0 bridgehead atoms. The average molecular weight is 473 g/mol. The summed E-state index contributed by atoms with van der Waals surface area (Å²) in [4.78, 5) is 17.6. The van der Waals surface area contributed by atoms with Gasteiger partial charge in [-0.25, -0.2) is 15.0 Å². The molecule has 0 aliphatic carbocycles. The van der Waals surface area contributed by atoms with Crippen LogP contribution < -0.4 is 19.3 Å². The maximum Gasteiger partial charge on any atom is 0.232 e. The van der Waals surface area contributed by atoms with E-state index < -0.39 is 0 Å². The highest BCUT2D eigenvalue weighted by atomic mass is 35.5. The summed E-state index contributed by atoms with van der Waals surface area (Å²) in [6.45, 7) is 4.46. The van der Waals surface area contributed by atoms with Gasteiger partial charge in [0, 0.05) is 51.2 Å². The Kier molecular flexibility index (Phi) is 7.36. The molecule has 0 radical (unpaired) electrons. The van der Waals surface area contributed by atoms with E-state index in [0.29, 0.717) is 29.7 Å². The van der Waals surface area contributed by atoms with Crippen molar-refractivity contribution >= 4 is 23.1 Å². The first kappa shape index (κ1) is 23.3. The molecule has 33 heavy (non-hydrogen) atoms. The number of rotatable bonds is 7. The minimum Gasteiger partial charge on any atom is -0.481 e. The van der Waals surface area contributed by atoms with Gasteiger partial charge in [-0.05, 0) is 6.42 Å². The summed E-state index contributed by atoms with van der Waals surface area (Å²) in [6.07, 6.45) is 7.22. The first-order valence-electron chi connectivity index (χ1n) is 11.1. The monoisotopic (exact) mass is 472 g/mol. The van der Waals surface area contributed by atoms with Gasteiger partial charge in [0.1, 0.15) is 11.9 Å². The lowest BCUT2D eigenvalue weighted by atomic mass is 9.96. The van der Waals surface area contributed by atoms with E-state index in [0.717, 1.165) is 37.4 Å². The van der Waals surface area contributed by atoms with E-state index in [2.05, 4.69) is 37.7 Å². The molecule has 0 amide bonds. The second-order valence-corrected chi connectivity index (χ2v) is 8.93. The van der Waals surface area contributed by atoms with Crippen molar-refractivity contribution in [1.82, 2.24) is 15.0 Å². The van der Waals surface area contributed by atoms with Gasteiger partial charge in [0.25, 0.3) is 0 Å². The number of halogens is 1. The molecule has 2 aliphatic heterocycles. The number of nitrogens with zero attached hydrogens (tertiary/aromatic N) is 6. The molecule has 10 heteroatoms. The standard InChI is InChI=1S/C23H29ClN6O3/c1-15-13-29(19-9-22(32-3)27-10-18(19)24)7-5-20(15)33-23-12-26-21(11-28-23)30-14-17(31-2)8-16(30)4-6-25/h9-12,15-17,20H,4-5,7-8,13-14H2,1-3H3. The van der Waals surface area contributed by atoms with Crippen molar-refractivity contribution in [3.05, 3.63) is 29.7 Å². The zero-order valence-corrected chi connectivity index (χ0v) is 19.9. The molecule has 2 aromatic heterocycles. The molecule has 4 unspecified atom stereocenters. The molecule has 2 aromatic rings. The Hall–Kier alpha value is -2.83. The van der Waals surface area contributed by atoms with Crippen molar-refractivity contribution in [3.63, 3.8) is 0 Å². The van der Waals surface area contributed by atoms with Crippen LogP contribution in [0.4, 0.5) is 11.5 Å². The number of hydrogen-bond acceptors (Lipinski definition) is 9. The van der Waals surface area contributed by atoms with Crippen LogP contribution in [-0.2, 0) is 4.74 Å². The van der Waals surface area contributed by atoms with Gasteiger partial charge in [0.15, 0.2) is 0 Å². The Labute approximate surface area is 199 Å². The Morgan fingerprint density at radius 1 is 1.15 bits per heavy atom. The minimum absolute atomic E-state index is 0.0277. The molecule has 2 fully saturated rings. The predicted molar refractivity (Wildman–Crippen MR) is 125 cm³/mol. The fourth-order valence-corrected chi connectivity index (χ4v) is 4.80. The van der Waals surface area contributed by atoms with Gasteiger partial charge >= 0.3 is 0 Å². The molecule has 0 aromatic carbocycles. The Morgan fingerprint density at radius 2 is 1.97 bits per heavy atom. The SMILES string of the molecule is COc1cc(N2CCC(Oc3cnc(N4CC(OC)CC4CC#N)cn3)C(C)C2)c(Cl)cn1. The van der Waals surface area contributed by atoms with Crippen LogP contribution >= 0.6 is 11.6 Å². The second kappa shape index (κ2) is 10.4. The highest BCUT2D eigenvalue weighted by molar-refractivity contribution is 6.33. The van der Waals surface area contributed by atoms with Crippen LogP contribution in [-0.4, -0.2) is 67.1 Å². The van der Waals surface area contributed by atoms with Crippen LogP contribution in [0, 0.1) is 17.2 Å². The van der Waals surface area contributed by atoms with Gasteiger partial charge in [-0.2, -0.15) is 5.26 Å². The number of piperidine rings is 1. The molecule has 0 saturated carbocycles. The summed E-state index contributed by atoms with van der Waals surface area (Å²) >= 11 is 6.38. The third-order valence-electron chi connectivity index (χ3n) is 6.40. The fourth-order valence-electron chi connectivity index (χ4n) is 4.58. The maximum atomic E-state index is 9.14. The minimum atomic E-state index is 0.0277. The number of methoxy groups -OCH3 is 2. The summed E-state index contributed by atoms with van der Waals surface area (Å²) in [6, 6.07) is 4.21. The molecule has 4 heterocycles. The van der Waals surface area contributed by atoms with Gasteiger partial charge < -0.3 is 24.0 Å². The molecule has 176 valence electrons. The van der Waals surface area contributed by atoms with Crippen LogP contribution in [0.1, 0.15) is 26.2 Å². The van der Waals surface area contributed by atoms with E-state index in [1.54, 1.807) is 32.8 Å². The van der Waals surface area contributed by atoms with E-state index >= 15 is 0 Å². The van der Waals surface area contributed by atoms with Crippen molar-refractivity contribution in [1.29, 1.82) is 5.26 Å². The number of ether oxygens (including phenoxy) is 3. The summed E-state index contributed by atoms with van der Waals surface area (Å²) in [5, 5.41) is 9.75. The molecular formula is C23H29ClN6O3.